The van der Waals surface area contributed by atoms with Gasteiger partial charge in [-0.3, -0.25) is 9.59 Å². The van der Waals surface area contributed by atoms with Gasteiger partial charge in [-0.1, -0.05) is 30.3 Å². The molecule has 2 aromatic carbocycles. The van der Waals surface area contributed by atoms with Crippen molar-refractivity contribution < 1.29 is 22.4 Å². The van der Waals surface area contributed by atoms with Crippen molar-refractivity contribution in [3.8, 4) is 0 Å². The van der Waals surface area contributed by atoms with Crippen LogP contribution in [0.15, 0.2) is 74.7 Å². The van der Waals surface area contributed by atoms with Gasteiger partial charge < -0.3 is 15.1 Å². The number of Topliss-reactive ketones (excluding diaryl/α,β-unsaturated/α-hetero) is 1. The van der Waals surface area contributed by atoms with E-state index in [1.54, 1.807) is 0 Å². The second-order valence-electron chi connectivity index (χ2n) is 7.13. The van der Waals surface area contributed by atoms with Crippen LogP contribution >= 0.6 is 0 Å². The summed E-state index contributed by atoms with van der Waals surface area (Å²) in [6.07, 6.45) is 3.38. The summed E-state index contributed by atoms with van der Waals surface area (Å²) in [5.74, 6) is -0.931. The third-order valence-corrected chi connectivity index (χ3v) is 6.41. The highest BCUT2D eigenvalue weighted by molar-refractivity contribution is 7.90. The van der Waals surface area contributed by atoms with Crippen molar-refractivity contribution in [3.05, 3.63) is 78.0 Å². The molecule has 0 spiro atoms. The van der Waals surface area contributed by atoms with Crippen molar-refractivity contribution in [2.75, 3.05) is 12.4 Å². The maximum absolute atomic E-state index is 12.8. The maximum atomic E-state index is 12.8. The van der Waals surface area contributed by atoms with E-state index < -0.39 is 21.7 Å². The number of carbonyl (C=O) groups is 2. The zero-order chi connectivity index (χ0) is 22.7. The zero-order valence-electron chi connectivity index (χ0n) is 17.1. The number of rotatable bonds is 7. The van der Waals surface area contributed by atoms with Gasteiger partial charge in [0.1, 0.15) is 11.2 Å². The normalized spacial score (nSPS) is 15.1. The van der Waals surface area contributed by atoms with Crippen LogP contribution in [-0.4, -0.2) is 38.0 Å². The highest BCUT2D eigenvalue weighted by atomic mass is 32.2. The molecular formula is C22H20N4O5S. The Morgan fingerprint density at radius 1 is 1.16 bits per heavy atom. The summed E-state index contributed by atoms with van der Waals surface area (Å²) in [6.45, 7) is 0. The van der Waals surface area contributed by atoms with Gasteiger partial charge in [0.25, 0.3) is 15.9 Å². The Hall–Kier alpha value is -3.79. The quantitative estimate of drug-likeness (QED) is 0.563. The zero-order valence-corrected chi connectivity index (χ0v) is 17.9. The standard InChI is InChI=1S/C22H20N4O5S/c1-23-21(28)15-7-9-17-19(13-15)32(29,30)26-20(25-17)18(27)10-8-16(22-24-11-12-31-22)14-5-3-2-4-6-14/h2-7,9,11-13,16H,8,10H2,1H3,(H,23,28)(H,25,26). The van der Waals surface area contributed by atoms with E-state index in [-0.39, 0.29) is 34.3 Å². The molecule has 10 heteroatoms. The first-order chi connectivity index (χ1) is 15.4. The Balaban J connectivity index is 1.55. The molecular weight excluding hydrogens is 432 g/mol. The Morgan fingerprint density at radius 2 is 1.94 bits per heavy atom. The molecule has 0 saturated heterocycles. The topological polar surface area (TPSA) is 131 Å². The lowest BCUT2D eigenvalue weighted by molar-refractivity contribution is -0.113. The van der Waals surface area contributed by atoms with Crippen molar-refractivity contribution in [2.24, 2.45) is 4.40 Å². The molecule has 0 fully saturated rings. The van der Waals surface area contributed by atoms with E-state index >= 15 is 0 Å². The van der Waals surface area contributed by atoms with Gasteiger partial charge in [0, 0.05) is 19.0 Å². The van der Waals surface area contributed by atoms with Crippen molar-refractivity contribution in [2.45, 2.75) is 23.7 Å². The summed E-state index contributed by atoms with van der Waals surface area (Å²) < 4.78 is 34.4. The molecule has 0 saturated carbocycles. The lowest BCUT2D eigenvalue weighted by atomic mass is 9.93. The van der Waals surface area contributed by atoms with Gasteiger partial charge in [0.2, 0.25) is 5.89 Å². The monoisotopic (exact) mass is 452 g/mol. The molecule has 32 heavy (non-hydrogen) atoms. The average Bonchev–Trinajstić information content (AvgIpc) is 3.33. The van der Waals surface area contributed by atoms with Crippen molar-refractivity contribution in [1.82, 2.24) is 10.3 Å². The van der Waals surface area contributed by atoms with Crippen LogP contribution in [0.4, 0.5) is 5.69 Å². The molecule has 2 N–H and O–H groups in total. The molecule has 0 bridgehead atoms. The van der Waals surface area contributed by atoms with Crippen LogP contribution < -0.4 is 10.6 Å². The number of amidine groups is 1. The van der Waals surface area contributed by atoms with Crippen molar-refractivity contribution in [1.29, 1.82) is 0 Å². The fraction of sp³-hybridized carbons (Fsp3) is 0.182. The Labute approximate surface area is 184 Å². The van der Waals surface area contributed by atoms with Gasteiger partial charge >= 0.3 is 0 Å². The van der Waals surface area contributed by atoms with Gasteiger partial charge in [-0.05, 0) is 30.2 Å². The second-order valence-corrected chi connectivity index (χ2v) is 8.70. The van der Waals surface area contributed by atoms with E-state index in [0.29, 0.717) is 12.3 Å². The SMILES string of the molecule is CNC(=O)c1ccc2c(c1)S(=O)(=O)N=C(C(=O)CCC(c1ccccc1)c1ncco1)N2. The number of anilines is 1. The molecule has 4 rings (SSSR count). The van der Waals surface area contributed by atoms with Crippen LogP contribution in [0, 0.1) is 0 Å². The molecule has 3 aromatic rings. The molecule has 0 aliphatic carbocycles. The summed E-state index contributed by atoms with van der Waals surface area (Å²) >= 11 is 0. The first-order valence-electron chi connectivity index (χ1n) is 9.84. The van der Waals surface area contributed by atoms with Crippen LogP contribution in [0.1, 0.15) is 40.6 Å². The average molecular weight is 452 g/mol. The van der Waals surface area contributed by atoms with E-state index in [1.165, 1.54) is 37.7 Å². The molecule has 1 aliphatic rings. The molecule has 1 aliphatic heterocycles. The van der Waals surface area contributed by atoms with Crippen LogP contribution in [0.2, 0.25) is 0 Å². The van der Waals surface area contributed by atoms with Gasteiger partial charge in [-0.2, -0.15) is 8.42 Å². The lowest BCUT2D eigenvalue weighted by Gasteiger charge is -2.19. The van der Waals surface area contributed by atoms with Gasteiger partial charge in [0.05, 0.1) is 17.8 Å². The minimum Gasteiger partial charge on any atom is -0.448 e. The van der Waals surface area contributed by atoms with Crippen LogP contribution in [0.25, 0.3) is 0 Å². The first kappa shape index (κ1) is 21.4. The van der Waals surface area contributed by atoms with E-state index in [9.17, 15) is 18.0 Å². The number of nitrogens with one attached hydrogen (secondary N) is 2. The minimum absolute atomic E-state index is 0.0228. The number of hydrogen-bond acceptors (Lipinski definition) is 7. The van der Waals surface area contributed by atoms with E-state index in [0.717, 1.165) is 5.56 Å². The van der Waals surface area contributed by atoms with Crippen molar-refractivity contribution in [3.63, 3.8) is 0 Å². The molecule has 1 unspecified atom stereocenters. The third-order valence-electron chi connectivity index (χ3n) is 5.09. The molecule has 164 valence electrons. The minimum atomic E-state index is -4.14. The number of carbonyl (C=O) groups excluding carboxylic acids is 2. The second kappa shape index (κ2) is 8.75. The van der Waals surface area contributed by atoms with Crippen LogP contribution in [0.3, 0.4) is 0 Å². The fourth-order valence-electron chi connectivity index (χ4n) is 3.48. The largest absolute Gasteiger partial charge is 0.448 e. The van der Waals surface area contributed by atoms with E-state index in [2.05, 4.69) is 20.0 Å². The maximum Gasteiger partial charge on any atom is 0.286 e. The number of amides is 1. The summed E-state index contributed by atoms with van der Waals surface area (Å²) in [5.41, 5.74) is 1.31. The van der Waals surface area contributed by atoms with E-state index in [4.69, 9.17) is 4.42 Å². The highest BCUT2D eigenvalue weighted by Crippen LogP contribution is 2.31. The van der Waals surface area contributed by atoms with E-state index in [1.807, 2.05) is 30.3 Å². The number of hydrogen-bond donors (Lipinski definition) is 2. The molecule has 9 nitrogen and oxygen atoms in total. The molecule has 1 atom stereocenters. The molecule has 1 amide bonds. The summed E-state index contributed by atoms with van der Waals surface area (Å²) in [7, 11) is -2.69. The number of fused-ring (bicyclic) bond motifs is 1. The summed E-state index contributed by atoms with van der Waals surface area (Å²) in [5, 5.41) is 5.22. The summed E-state index contributed by atoms with van der Waals surface area (Å²) in [4.78, 5) is 28.7. The van der Waals surface area contributed by atoms with Crippen LogP contribution in [-0.2, 0) is 14.8 Å². The number of oxazole rings is 1. The Morgan fingerprint density at radius 3 is 2.62 bits per heavy atom. The molecule has 0 radical (unpaired) electrons. The Kier molecular flexibility index (Phi) is 5.87. The molecule has 1 aromatic heterocycles. The molecule has 2 heterocycles. The smallest absolute Gasteiger partial charge is 0.286 e. The van der Waals surface area contributed by atoms with Gasteiger partial charge in [-0.25, -0.2) is 4.98 Å². The highest BCUT2D eigenvalue weighted by Gasteiger charge is 2.30. The van der Waals surface area contributed by atoms with Gasteiger partial charge in [-0.15, -0.1) is 4.40 Å². The van der Waals surface area contributed by atoms with Crippen LogP contribution in [0.5, 0.6) is 0 Å². The van der Waals surface area contributed by atoms with Crippen molar-refractivity contribution >= 4 is 33.2 Å². The number of nitrogens with zero attached hydrogens (tertiary/aromatic N) is 2. The third kappa shape index (κ3) is 4.30. The number of benzene rings is 2. The number of ketones is 1. The summed E-state index contributed by atoms with van der Waals surface area (Å²) in [6, 6.07) is 13.6. The predicted octanol–water partition coefficient (Wildman–Crippen LogP) is 2.73. The number of sulfonamides is 1. The first-order valence-corrected chi connectivity index (χ1v) is 11.3. The Bertz CT molecular complexity index is 1290. The number of aromatic nitrogens is 1. The lowest BCUT2D eigenvalue weighted by Crippen LogP contribution is -2.29. The fourth-order valence-corrected chi connectivity index (χ4v) is 4.64. The predicted molar refractivity (Wildman–Crippen MR) is 117 cm³/mol. The van der Waals surface area contributed by atoms with Gasteiger partial charge in [0.15, 0.2) is 11.6 Å².